The van der Waals surface area contributed by atoms with Crippen molar-refractivity contribution in [2.45, 2.75) is 4.90 Å². The van der Waals surface area contributed by atoms with Crippen molar-refractivity contribution in [3.63, 3.8) is 0 Å². The summed E-state index contributed by atoms with van der Waals surface area (Å²) in [6, 6.07) is 9.75. The van der Waals surface area contributed by atoms with Gasteiger partial charge in [-0.05, 0) is 54.7 Å². The van der Waals surface area contributed by atoms with Crippen LogP contribution in [0.2, 0.25) is 0 Å². The SMILES string of the molecule is O=S(=O)(Nc1ccc2[nH]c(=S)sc2c1)c1ccc(F)cc1. The Labute approximate surface area is 129 Å². The first-order chi connectivity index (χ1) is 9.94. The topological polar surface area (TPSA) is 62.0 Å². The Morgan fingerprint density at radius 3 is 2.57 bits per heavy atom. The summed E-state index contributed by atoms with van der Waals surface area (Å²) in [6.07, 6.45) is 0. The van der Waals surface area contributed by atoms with Crippen molar-refractivity contribution >= 4 is 49.5 Å². The number of nitrogens with one attached hydrogen (secondary N) is 2. The smallest absolute Gasteiger partial charge is 0.261 e. The third-order valence-corrected chi connectivity index (χ3v) is 5.39. The van der Waals surface area contributed by atoms with Gasteiger partial charge < -0.3 is 4.98 Å². The quantitative estimate of drug-likeness (QED) is 0.711. The maximum Gasteiger partial charge on any atom is 0.261 e. The van der Waals surface area contributed by atoms with Crippen molar-refractivity contribution in [3.8, 4) is 0 Å². The molecule has 1 aromatic heterocycles. The molecule has 0 fully saturated rings. The molecule has 0 bridgehead atoms. The van der Waals surface area contributed by atoms with Gasteiger partial charge in [0.2, 0.25) is 0 Å². The van der Waals surface area contributed by atoms with Crippen molar-refractivity contribution < 1.29 is 12.8 Å². The Balaban J connectivity index is 1.96. The summed E-state index contributed by atoms with van der Waals surface area (Å²) in [5.74, 6) is -0.484. The Hall–Kier alpha value is -1.77. The maximum absolute atomic E-state index is 12.9. The van der Waals surface area contributed by atoms with Crippen LogP contribution in [0.4, 0.5) is 10.1 Å². The Bertz CT molecular complexity index is 959. The minimum Gasteiger partial charge on any atom is -0.337 e. The summed E-state index contributed by atoms with van der Waals surface area (Å²) < 4.78 is 41.2. The van der Waals surface area contributed by atoms with Crippen molar-refractivity contribution in [2.75, 3.05) is 4.72 Å². The Morgan fingerprint density at radius 1 is 1.14 bits per heavy atom. The zero-order chi connectivity index (χ0) is 15.0. The molecule has 0 atom stereocenters. The van der Waals surface area contributed by atoms with Crippen LogP contribution in [0, 0.1) is 9.77 Å². The molecule has 0 radical (unpaired) electrons. The van der Waals surface area contributed by atoms with Gasteiger partial charge >= 0.3 is 0 Å². The molecule has 21 heavy (non-hydrogen) atoms. The molecule has 0 saturated heterocycles. The maximum atomic E-state index is 12.9. The van der Waals surface area contributed by atoms with E-state index >= 15 is 0 Å². The van der Waals surface area contributed by atoms with Crippen molar-refractivity contribution in [2.24, 2.45) is 0 Å². The third-order valence-electron chi connectivity index (χ3n) is 2.80. The fourth-order valence-corrected chi connectivity index (χ4v) is 4.04. The van der Waals surface area contributed by atoms with Gasteiger partial charge in [0.05, 0.1) is 20.8 Å². The highest BCUT2D eigenvalue weighted by Crippen LogP contribution is 2.24. The minimum absolute atomic E-state index is 0.00528. The summed E-state index contributed by atoms with van der Waals surface area (Å²) in [7, 11) is -3.74. The Morgan fingerprint density at radius 2 is 1.86 bits per heavy atom. The first-order valence-corrected chi connectivity index (χ1v) is 8.56. The lowest BCUT2D eigenvalue weighted by molar-refractivity contribution is 0.599. The monoisotopic (exact) mass is 340 g/mol. The molecule has 108 valence electrons. The molecule has 2 N–H and O–H groups in total. The molecule has 8 heteroatoms. The van der Waals surface area contributed by atoms with Crippen molar-refractivity contribution in [3.05, 3.63) is 52.2 Å². The number of halogens is 1. The average molecular weight is 340 g/mol. The highest BCUT2D eigenvalue weighted by Gasteiger charge is 2.14. The van der Waals surface area contributed by atoms with Gasteiger partial charge in [0, 0.05) is 0 Å². The highest BCUT2D eigenvalue weighted by molar-refractivity contribution is 7.92. The van der Waals surface area contributed by atoms with Crippen LogP contribution in [-0.4, -0.2) is 13.4 Å². The third kappa shape index (κ3) is 2.97. The molecule has 4 nitrogen and oxygen atoms in total. The summed E-state index contributed by atoms with van der Waals surface area (Å²) in [5, 5.41) is 0. The van der Waals surface area contributed by atoms with Gasteiger partial charge in [-0.3, -0.25) is 4.72 Å². The van der Waals surface area contributed by atoms with Crippen LogP contribution < -0.4 is 4.72 Å². The van der Waals surface area contributed by atoms with E-state index in [0.29, 0.717) is 9.64 Å². The van der Waals surface area contributed by atoms with Gasteiger partial charge in [-0.15, -0.1) is 11.3 Å². The van der Waals surface area contributed by atoms with Crippen molar-refractivity contribution in [1.82, 2.24) is 4.98 Å². The van der Waals surface area contributed by atoms with E-state index in [2.05, 4.69) is 9.71 Å². The fraction of sp³-hybridized carbons (Fsp3) is 0. The molecule has 3 rings (SSSR count). The second-order valence-electron chi connectivity index (χ2n) is 4.28. The molecule has 0 saturated carbocycles. The standard InChI is InChI=1S/C13H9FN2O2S3/c14-8-1-4-10(5-2-8)21(17,18)16-9-3-6-11-12(7-9)20-13(19)15-11/h1-7,16H,(H,15,19). The molecule has 0 aliphatic heterocycles. The minimum atomic E-state index is -3.74. The van der Waals surface area contributed by atoms with Gasteiger partial charge in [0.1, 0.15) is 5.82 Å². The van der Waals surface area contributed by atoms with Crippen LogP contribution in [0.5, 0.6) is 0 Å². The zero-order valence-electron chi connectivity index (χ0n) is 10.5. The number of benzene rings is 2. The number of sulfonamides is 1. The molecular weight excluding hydrogens is 331 g/mol. The van der Waals surface area contributed by atoms with Crippen LogP contribution in [0.3, 0.4) is 0 Å². The van der Waals surface area contributed by atoms with Crippen LogP contribution in [-0.2, 0) is 10.0 Å². The number of hydrogen-bond acceptors (Lipinski definition) is 4. The summed E-state index contributed by atoms with van der Waals surface area (Å²) in [6.45, 7) is 0. The Kier molecular flexibility index (Phi) is 3.52. The lowest BCUT2D eigenvalue weighted by atomic mass is 10.3. The molecule has 1 heterocycles. The number of rotatable bonds is 3. The van der Waals surface area contributed by atoms with Crippen LogP contribution in [0.1, 0.15) is 0 Å². The molecule has 0 unspecified atom stereocenters. The van der Waals surface area contributed by atoms with Gasteiger partial charge in [-0.25, -0.2) is 12.8 Å². The van der Waals surface area contributed by atoms with E-state index < -0.39 is 15.8 Å². The average Bonchev–Trinajstić information content (AvgIpc) is 2.78. The number of aromatic nitrogens is 1. The van der Waals surface area contributed by atoms with E-state index in [4.69, 9.17) is 12.2 Å². The fourth-order valence-electron chi connectivity index (χ4n) is 1.84. The predicted molar refractivity (Wildman–Crippen MR) is 84.2 cm³/mol. The number of aromatic amines is 1. The predicted octanol–water partition coefficient (Wildman–Crippen LogP) is 3.90. The number of thiazole rings is 1. The second-order valence-corrected chi connectivity index (χ2v) is 7.69. The van der Waals surface area contributed by atoms with Gasteiger partial charge in [-0.2, -0.15) is 0 Å². The van der Waals surface area contributed by atoms with E-state index in [1.807, 2.05) is 0 Å². The molecule has 0 aliphatic carbocycles. The van der Waals surface area contributed by atoms with Crippen LogP contribution in [0.15, 0.2) is 47.4 Å². The molecular formula is C13H9FN2O2S3. The molecule has 3 aromatic rings. The normalized spacial score (nSPS) is 11.7. The summed E-state index contributed by atoms with van der Waals surface area (Å²) in [4.78, 5) is 3.01. The van der Waals surface area contributed by atoms with Gasteiger partial charge in [0.25, 0.3) is 10.0 Å². The largest absolute Gasteiger partial charge is 0.337 e. The first-order valence-electron chi connectivity index (χ1n) is 5.85. The molecule has 0 spiro atoms. The van der Waals surface area contributed by atoms with E-state index in [1.54, 1.807) is 18.2 Å². The lowest BCUT2D eigenvalue weighted by Crippen LogP contribution is -2.12. The molecule has 0 amide bonds. The first kappa shape index (κ1) is 14.2. The number of anilines is 1. The van der Waals surface area contributed by atoms with Gasteiger partial charge in [-0.1, -0.05) is 0 Å². The zero-order valence-corrected chi connectivity index (χ0v) is 12.9. The number of hydrogen-bond donors (Lipinski definition) is 2. The van der Waals surface area contributed by atoms with E-state index in [-0.39, 0.29) is 4.90 Å². The summed E-state index contributed by atoms with van der Waals surface area (Å²) >= 11 is 6.41. The molecule has 0 aliphatic rings. The van der Waals surface area contributed by atoms with Crippen LogP contribution in [0.25, 0.3) is 10.2 Å². The highest BCUT2D eigenvalue weighted by atomic mass is 32.2. The molecule has 2 aromatic carbocycles. The van der Waals surface area contributed by atoms with E-state index in [1.165, 1.54) is 23.5 Å². The van der Waals surface area contributed by atoms with Gasteiger partial charge in [0.15, 0.2) is 3.95 Å². The van der Waals surface area contributed by atoms with Crippen LogP contribution >= 0.6 is 23.6 Å². The van der Waals surface area contributed by atoms with E-state index in [0.717, 1.165) is 22.3 Å². The second kappa shape index (κ2) is 5.21. The lowest BCUT2D eigenvalue weighted by Gasteiger charge is -2.08. The van der Waals surface area contributed by atoms with E-state index in [9.17, 15) is 12.8 Å². The number of fused-ring (bicyclic) bond motifs is 1. The number of H-pyrrole nitrogens is 1. The van der Waals surface area contributed by atoms with Crippen molar-refractivity contribution in [1.29, 1.82) is 0 Å². The summed E-state index contributed by atoms with van der Waals surface area (Å²) in [5.41, 5.74) is 1.28.